The standard InChI is InChI=1S/C21H21N5O2S/c27-19-17(20(28)26(21(29)24-19)16-8-2-1-3-9-16)14-23-25-12-5-4-10-18(25)15-7-6-11-22-13-15/h1-3,6-9,11,13-14,18,28H,4-5,10,12H2,(H,24,27,29). The van der Waals surface area contributed by atoms with Gasteiger partial charge in [0, 0.05) is 18.9 Å². The summed E-state index contributed by atoms with van der Waals surface area (Å²) in [7, 11) is 0. The Hall–Kier alpha value is -3.26. The molecule has 1 aromatic carbocycles. The first-order valence-electron chi connectivity index (χ1n) is 9.49. The lowest BCUT2D eigenvalue weighted by molar-refractivity contribution is 0.156. The molecule has 3 heterocycles. The number of para-hydroxylation sites is 1. The monoisotopic (exact) mass is 407 g/mol. The molecule has 148 valence electrons. The van der Waals surface area contributed by atoms with Gasteiger partial charge in [-0.1, -0.05) is 24.3 Å². The zero-order valence-corrected chi connectivity index (χ0v) is 16.5. The lowest BCUT2D eigenvalue weighted by Gasteiger charge is -2.33. The minimum atomic E-state index is -0.474. The fraction of sp³-hybridized carbons (Fsp3) is 0.238. The number of aromatic amines is 1. The van der Waals surface area contributed by atoms with E-state index in [1.165, 1.54) is 10.8 Å². The van der Waals surface area contributed by atoms with Crippen LogP contribution in [0.1, 0.15) is 36.4 Å². The van der Waals surface area contributed by atoms with E-state index in [9.17, 15) is 9.90 Å². The summed E-state index contributed by atoms with van der Waals surface area (Å²) in [6, 6.07) is 13.2. The van der Waals surface area contributed by atoms with Crippen LogP contribution in [0.2, 0.25) is 0 Å². The number of pyridine rings is 1. The van der Waals surface area contributed by atoms with E-state index in [4.69, 9.17) is 12.2 Å². The first-order valence-corrected chi connectivity index (χ1v) is 9.90. The van der Waals surface area contributed by atoms with Gasteiger partial charge in [-0.2, -0.15) is 5.10 Å². The number of aromatic hydroxyl groups is 1. The number of hydrogen-bond acceptors (Lipinski definition) is 6. The first-order chi connectivity index (χ1) is 14.1. The average Bonchev–Trinajstić information content (AvgIpc) is 2.75. The van der Waals surface area contributed by atoms with Crippen molar-refractivity contribution in [1.29, 1.82) is 0 Å². The summed E-state index contributed by atoms with van der Waals surface area (Å²) >= 11 is 5.25. The molecule has 0 spiro atoms. The largest absolute Gasteiger partial charge is 0.494 e. The van der Waals surface area contributed by atoms with Crippen LogP contribution >= 0.6 is 12.2 Å². The van der Waals surface area contributed by atoms with Crippen LogP contribution in [0.4, 0.5) is 0 Å². The van der Waals surface area contributed by atoms with Crippen LogP contribution in [-0.4, -0.2) is 37.4 Å². The van der Waals surface area contributed by atoms with Gasteiger partial charge in [-0.15, -0.1) is 0 Å². The molecule has 29 heavy (non-hydrogen) atoms. The minimum Gasteiger partial charge on any atom is -0.494 e. The highest BCUT2D eigenvalue weighted by atomic mass is 32.1. The summed E-state index contributed by atoms with van der Waals surface area (Å²) in [5, 5.41) is 17.3. The lowest BCUT2D eigenvalue weighted by atomic mass is 9.98. The molecular formula is C21H21N5O2S. The number of piperidine rings is 1. The highest BCUT2D eigenvalue weighted by Crippen LogP contribution is 2.30. The summed E-state index contributed by atoms with van der Waals surface area (Å²) < 4.78 is 1.55. The van der Waals surface area contributed by atoms with Gasteiger partial charge in [-0.3, -0.25) is 24.3 Å². The van der Waals surface area contributed by atoms with Gasteiger partial charge in [-0.05, 0) is 55.2 Å². The molecule has 1 saturated heterocycles. The van der Waals surface area contributed by atoms with Crippen LogP contribution in [0.15, 0.2) is 64.8 Å². The maximum absolute atomic E-state index is 12.5. The van der Waals surface area contributed by atoms with Crippen molar-refractivity contribution in [2.75, 3.05) is 6.54 Å². The second-order valence-electron chi connectivity index (χ2n) is 6.87. The number of hydrogen-bond donors (Lipinski definition) is 2. The molecule has 0 amide bonds. The van der Waals surface area contributed by atoms with Crippen molar-refractivity contribution in [3.63, 3.8) is 0 Å². The third-order valence-corrected chi connectivity index (χ3v) is 5.30. The third-order valence-electron chi connectivity index (χ3n) is 5.01. The molecule has 2 aromatic heterocycles. The van der Waals surface area contributed by atoms with Crippen molar-refractivity contribution in [1.82, 2.24) is 19.5 Å². The fourth-order valence-electron chi connectivity index (χ4n) is 3.57. The van der Waals surface area contributed by atoms with Crippen LogP contribution in [0.5, 0.6) is 5.88 Å². The molecule has 1 atom stereocenters. The zero-order chi connectivity index (χ0) is 20.2. The highest BCUT2D eigenvalue weighted by Gasteiger charge is 2.23. The Morgan fingerprint density at radius 2 is 2.03 bits per heavy atom. The predicted octanol–water partition coefficient (Wildman–Crippen LogP) is 3.56. The average molecular weight is 407 g/mol. The van der Waals surface area contributed by atoms with E-state index in [-0.39, 0.29) is 22.3 Å². The molecule has 0 saturated carbocycles. The smallest absolute Gasteiger partial charge is 0.264 e. The topological polar surface area (TPSA) is 86.5 Å². The van der Waals surface area contributed by atoms with E-state index in [0.29, 0.717) is 5.69 Å². The molecule has 4 rings (SSSR count). The first kappa shape index (κ1) is 19.1. The molecule has 0 radical (unpaired) electrons. The Morgan fingerprint density at radius 3 is 2.79 bits per heavy atom. The molecule has 3 aromatic rings. The Labute approximate surface area is 173 Å². The summed E-state index contributed by atoms with van der Waals surface area (Å²) in [6.07, 6.45) is 8.09. The van der Waals surface area contributed by atoms with E-state index in [1.807, 2.05) is 41.5 Å². The molecular weight excluding hydrogens is 386 g/mol. The minimum absolute atomic E-state index is 0.0676. The highest BCUT2D eigenvalue weighted by molar-refractivity contribution is 7.71. The molecule has 1 unspecified atom stereocenters. The van der Waals surface area contributed by atoms with E-state index < -0.39 is 5.56 Å². The van der Waals surface area contributed by atoms with E-state index in [0.717, 1.165) is 31.4 Å². The molecule has 0 bridgehead atoms. The van der Waals surface area contributed by atoms with Gasteiger partial charge in [0.15, 0.2) is 4.77 Å². The number of benzene rings is 1. The number of nitrogens with zero attached hydrogens (tertiary/aromatic N) is 4. The van der Waals surface area contributed by atoms with Crippen molar-refractivity contribution >= 4 is 18.4 Å². The van der Waals surface area contributed by atoms with Gasteiger partial charge in [0.25, 0.3) is 5.56 Å². The molecule has 2 N–H and O–H groups in total. The normalized spacial score (nSPS) is 17.0. The molecule has 1 fully saturated rings. The van der Waals surface area contributed by atoms with E-state index >= 15 is 0 Å². The molecule has 1 aliphatic heterocycles. The van der Waals surface area contributed by atoms with Gasteiger partial charge in [-0.25, -0.2) is 0 Å². The van der Waals surface area contributed by atoms with Crippen molar-refractivity contribution in [2.45, 2.75) is 25.3 Å². The van der Waals surface area contributed by atoms with Gasteiger partial charge in [0.2, 0.25) is 5.88 Å². The van der Waals surface area contributed by atoms with Crippen molar-refractivity contribution in [3.8, 4) is 11.6 Å². The fourth-order valence-corrected chi connectivity index (χ4v) is 3.85. The maximum atomic E-state index is 12.5. The van der Waals surface area contributed by atoms with Crippen molar-refractivity contribution in [2.24, 2.45) is 5.10 Å². The number of aromatic nitrogens is 3. The molecule has 7 nitrogen and oxygen atoms in total. The third kappa shape index (κ3) is 3.97. The second kappa shape index (κ2) is 8.40. The lowest BCUT2D eigenvalue weighted by Crippen LogP contribution is -2.29. The van der Waals surface area contributed by atoms with Gasteiger partial charge in [0.1, 0.15) is 5.56 Å². The van der Waals surface area contributed by atoms with Gasteiger partial charge < -0.3 is 5.11 Å². The van der Waals surface area contributed by atoms with Gasteiger partial charge in [0.05, 0.1) is 17.9 Å². The number of nitrogens with one attached hydrogen (secondary N) is 1. The van der Waals surface area contributed by atoms with Gasteiger partial charge >= 0.3 is 0 Å². The van der Waals surface area contributed by atoms with Crippen LogP contribution < -0.4 is 5.56 Å². The Bertz CT molecular complexity index is 1130. The maximum Gasteiger partial charge on any atom is 0.264 e. The Kier molecular flexibility index (Phi) is 5.53. The summed E-state index contributed by atoms with van der Waals surface area (Å²) in [5.41, 5.74) is 1.34. The molecule has 1 aliphatic rings. The van der Waals surface area contributed by atoms with E-state index in [2.05, 4.69) is 15.1 Å². The number of H-pyrrole nitrogens is 1. The van der Waals surface area contributed by atoms with Crippen LogP contribution in [0, 0.1) is 4.77 Å². The van der Waals surface area contributed by atoms with Crippen LogP contribution in [0.3, 0.4) is 0 Å². The van der Waals surface area contributed by atoms with Crippen LogP contribution in [-0.2, 0) is 0 Å². The quantitative estimate of drug-likeness (QED) is 0.510. The Morgan fingerprint density at radius 1 is 1.21 bits per heavy atom. The number of hydrazone groups is 1. The number of rotatable bonds is 4. The molecule has 8 heteroatoms. The van der Waals surface area contributed by atoms with Crippen molar-refractivity contribution in [3.05, 3.63) is 81.1 Å². The summed E-state index contributed by atoms with van der Waals surface area (Å²) in [4.78, 5) is 19.3. The molecule has 0 aliphatic carbocycles. The predicted molar refractivity (Wildman–Crippen MR) is 114 cm³/mol. The zero-order valence-electron chi connectivity index (χ0n) is 15.7. The summed E-state index contributed by atoms with van der Waals surface area (Å²) in [5.74, 6) is -0.233. The second-order valence-corrected chi connectivity index (χ2v) is 7.26. The SMILES string of the molecule is O=c1[nH]c(=S)n(-c2ccccc2)c(O)c1C=NN1CCCCC1c1cccnc1. The van der Waals surface area contributed by atoms with Crippen molar-refractivity contribution < 1.29 is 5.11 Å². The van der Waals surface area contributed by atoms with Crippen LogP contribution in [0.25, 0.3) is 5.69 Å². The van der Waals surface area contributed by atoms with E-state index in [1.54, 1.807) is 18.3 Å². The Balaban J connectivity index is 1.71. The summed E-state index contributed by atoms with van der Waals surface area (Å²) in [6.45, 7) is 0.770.